The van der Waals surface area contributed by atoms with Gasteiger partial charge in [-0.15, -0.1) is 0 Å². The predicted molar refractivity (Wildman–Crippen MR) is 87.3 cm³/mol. The van der Waals surface area contributed by atoms with Crippen molar-refractivity contribution in [1.82, 2.24) is 10.0 Å². The molecule has 0 bridgehead atoms. The molecule has 1 amide bonds. The first kappa shape index (κ1) is 19.2. The van der Waals surface area contributed by atoms with E-state index in [4.69, 9.17) is 9.47 Å². The Morgan fingerprint density at radius 2 is 1.91 bits per heavy atom. The van der Waals surface area contributed by atoms with E-state index in [2.05, 4.69) is 17.0 Å². The Balaban J connectivity index is 2.70. The molecule has 7 nitrogen and oxygen atoms in total. The summed E-state index contributed by atoms with van der Waals surface area (Å²) in [6.07, 6.45) is 2.95. The quantitative estimate of drug-likeness (QED) is 0.624. The van der Waals surface area contributed by atoms with Crippen molar-refractivity contribution in [2.24, 2.45) is 0 Å². The molecule has 1 aromatic carbocycles. The molecule has 0 fully saturated rings. The van der Waals surface area contributed by atoms with Crippen molar-refractivity contribution in [3.8, 4) is 11.5 Å². The number of benzene rings is 1. The van der Waals surface area contributed by atoms with E-state index in [1.807, 2.05) is 0 Å². The Bertz CT molecular complexity index is 616. The lowest BCUT2D eigenvalue weighted by atomic mass is 10.2. The van der Waals surface area contributed by atoms with Gasteiger partial charge in [-0.3, -0.25) is 4.79 Å². The van der Waals surface area contributed by atoms with Crippen LogP contribution in [-0.4, -0.2) is 41.6 Å². The van der Waals surface area contributed by atoms with Gasteiger partial charge in [0.1, 0.15) is 16.4 Å². The zero-order valence-electron chi connectivity index (χ0n) is 13.7. The molecule has 0 saturated heterocycles. The number of carbonyl (C=O) groups excluding carboxylic acids is 1. The molecular weight excluding hydrogens is 320 g/mol. The highest BCUT2D eigenvalue weighted by atomic mass is 32.2. The molecule has 130 valence electrons. The zero-order chi connectivity index (χ0) is 17.3. The van der Waals surface area contributed by atoms with E-state index in [-0.39, 0.29) is 23.1 Å². The first-order valence-corrected chi connectivity index (χ1v) is 8.91. The lowest BCUT2D eigenvalue weighted by molar-refractivity contribution is -0.119. The van der Waals surface area contributed by atoms with Crippen LogP contribution in [0.1, 0.15) is 26.2 Å². The molecule has 0 heterocycles. The van der Waals surface area contributed by atoms with Gasteiger partial charge in [0.25, 0.3) is 0 Å². The third kappa shape index (κ3) is 6.07. The van der Waals surface area contributed by atoms with Gasteiger partial charge in [-0.1, -0.05) is 19.8 Å². The lowest BCUT2D eigenvalue weighted by Gasteiger charge is -2.12. The van der Waals surface area contributed by atoms with Gasteiger partial charge in [0.05, 0.1) is 20.8 Å². The number of hydrogen-bond donors (Lipinski definition) is 2. The molecule has 0 atom stereocenters. The van der Waals surface area contributed by atoms with E-state index < -0.39 is 10.0 Å². The van der Waals surface area contributed by atoms with E-state index in [0.717, 1.165) is 19.3 Å². The van der Waals surface area contributed by atoms with E-state index in [9.17, 15) is 13.2 Å². The maximum atomic E-state index is 12.3. The van der Waals surface area contributed by atoms with Crippen LogP contribution < -0.4 is 19.5 Å². The highest BCUT2D eigenvalue weighted by Crippen LogP contribution is 2.27. The van der Waals surface area contributed by atoms with Crippen molar-refractivity contribution >= 4 is 15.9 Å². The average Bonchev–Trinajstić information content (AvgIpc) is 2.56. The maximum Gasteiger partial charge on any atom is 0.244 e. The summed E-state index contributed by atoms with van der Waals surface area (Å²) in [4.78, 5) is 11.6. The minimum absolute atomic E-state index is 0.0712. The molecule has 8 heteroatoms. The number of hydrogen-bond acceptors (Lipinski definition) is 5. The van der Waals surface area contributed by atoms with Crippen LogP contribution in [0.5, 0.6) is 11.5 Å². The number of nitrogens with one attached hydrogen (secondary N) is 2. The normalized spacial score (nSPS) is 11.1. The van der Waals surface area contributed by atoms with Crippen molar-refractivity contribution in [3.05, 3.63) is 18.2 Å². The smallest absolute Gasteiger partial charge is 0.244 e. The van der Waals surface area contributed by atoms with Crippen LogP contribution in [0.25, 0.3) is 0 Å². The molecule has 0 aliphatic carbocycles. The Hall–Kier alpha value is -1.80. The number of amides is 1. The monoisotopic (exact) mass is 344 g/mol. The fourth-order valence-corrected chi connectivity index (χ4v) is 3.06. The van der Waals surface area contributed by atoms with E-state index >= 15 is 0 Å². The van der Waals surface area contributed by atoms with Crippen molar-refractivity contribution in [2.45, 2.75) is 31.1 Å². The SMILES string of the molecule is CCCCCNC(=O)CNS(=O)(=O)c1cc(OC)ccc1OC. The highest BCUT2D eigenvalue weighted by molar-refractivity contribution is 7.89. The predicted octanol–water partition coefficient (Wildman–Crippen LogP) is 1.29. The molecule has 0 saturated carbocycles. The second-order valence-electron chi connectivity index (χ2n) is 4.90. The van der Waals surface area contributed by atoms with Gasteiger partial charge in [-0.05, 0) is 18.6 Å². The first-order chi connectivity index (χ1) is 10.9. The third-order valence-electron chi connectivity index (χ3n) is 3.19. The number of methoxy groups -OCH3 is 2. The Morgan fingerprint density at radius 1 is 1.17 bits per heavy atom. The second-order valence-corrected chi connectivity index (χ2v) is 6.63. The van der Waals surface area contributed by atoms with E-state index in [0.29, 0.717) is 12.3 Å². The summed E-state index contributed by atoms with van der Waals surface area (Å²) >= 11 is 0. The Morgan fingerprint density at radius 3 is 2.52 bits per heavy atom. The molecular formula is C15H24N2O5S. The topological polar surface area (TPSA) is 93.7 Å². The maximum absolute atomic E-state index is 12.3. The average molecular weight is 344 g/mol. The minimum atomic E-state index is -3.88. The zero-order valence-corrected chi connectivity index (χ0v) is 14.5. The minimum Gasteiger partial charge on any atom is -0.497 e. The molecule has 2 N–H and O–H groups in total. The number of sulfonamides is 1. The van der Waals surface area contributed by atoms with Crippen LogP contribution in [0.15, 0.2) is 23.1 Å². The van der Waals surface area contributed by atoms with Crippen molar-refractivity contribution < 1.29 is 22.7 Å². The third-order valence-corrected chi connectivity index (χ3v) is 4.61. The molecule has 0 spiro atoms. The first-order valence-electron chi connectivity index (χ1n) is 7.43. The summed E-state index contributed by atoms with van der Waals surface area (Å²) in [7, 11) is -1.07. The fraction of sp³-hybridized carbons (Fsp3) is 0.533. The highest BCUT2D eigenvalue weighted by Gasteiger charge is 2.21. The van der Waals surface area contributed by atoms with Crippen LogP contribution in [0.3, 0.4) is 0 Å². The van der Waals surface area contributed by atoms with Crippen LogP contribution in [0, 0.1) is 0 Å². The van der Waals surface area contributed by atoms with Gasteiger partial charge in [-0.2, -0.15) is 0 Å². The standard InChI is InChI=1S/C15H24N2O5S/c1-4-5-6-9-16-15(18)11-17-23(19,20)14-10-12(21-2)7-8-13(14)22-3/h7-8,10,17H,4-6,9,11H2,1-3H3,(H,16,18). The molecule has 23 heavy (non-hydrogen) atoms. The second kappa shape index (κ2) is 9.36. The van der Waals surface area contributed by atoms with Crippen LogP contribution in [0.4, 0.5) is 0 Å². The van der Waals surface area contributed by atoms with E-state index in [1.165, 1.54) is 26.4 Å². The largest absolute Gasteiger partial charge is 0.497 e. The lowest BCUT2D eigenvalue weighted by Crippen LogP contribution is -2.37. The van der Waals surface area contributed by atoms with Gasteiger partial charge in [0.15, 0.2) is 0 Å². The summed E-state index contributed by atoms with van der Waals surface area (Å²) in [6.45, 7) is 2.28. The Kier molecular flexibility index (Phi) is 7.84. The molecule has 0 unspecified atom stereocenters. The number of carbonyl (C=O) groups is 1. The van der Waals surface area contributed by atoms with Crippen LogP contribution in [0.2, 0.25) is 0 Å². The van der Waals surface area contributed by atoms with Crippen molar-refractivity contribution in [3.63, 3.8) is 0 Å². The number of unbranched alkanes of at least 4 members (excludes halogenated alkanes) is 2. The van der Waals surface area contributed by atoms with Crippen LogP contribution in [-0.2, 0) is 14.8 Å². The van der Waals surface area contributed by atoms with Crippen molar-refractivity contribution in [1.29, 1.82) is 0 Å². The van der Waals surface area contributed by atoms with Gasteiger partial charge in [0.2, 0.25) is 15.9 Å². The van der Waals surface area contributed by atoms with Crippen molar-refractivity contribution in [2.75, 3.05) is 27.3 Å². The Labute approximate surface area is 137 Å². The summed E-state index contributed by atoms with van der Waals surface area (Å²) in [5, 5.41) is 2.67. The summed E-state index contributed by atoms with van der Waals surface area (Å²) in [5.74, 6) is 0.198. The summed E-state index contributed by atoms with van der Waals surface area (Å²) in [6, 6.07) is 4.44. The molecule has 0 aliphatic heterocycles. The van der Waals surface area contributed by atoms with Crippen LogP contribution >= 0.6 is 0 Å². The summed E-state index contributed by atoms with van der Waals surface area (Å²) < 4.78 is 37.0. The van der Waals surface area contributed by atoms with E-state index in [1.54, 1.807) is 6.07 Å². The van der Waals surface area contributed by atoms with Gasteiger partial charge >= 0.3 is 0 Å². The molecule has 0 aliphatic rings. The molecule has 0 aromatic heterocycles. The number of rotatable bonds is 10. The summed E-state index contributed by atoms with van der Waals surface area (Å²) in [5.41, 5.74) is 0. The molecule has 0 radical (unpaired) electrons. The molecule has 1 aromatic rings. The fourth-order valence-electron chi connectivity index (χ4n) is 1.90. The van der Waals surface area contributed by atoms with Gasteiger partial charge in [-0.25, -0.2) is 13.1 Å². The number of ether oxygens (including phenoxy) is 2. The van der Waals surface area contributed by atoms with Gasteiger partial charge < -0.3 is 14.8 Å². The molecule has 1 rings (SSSR count). The van der Waals surface area contributed by atoms with Gasteiger partial charge in [0, 0.05) is 12.6 Å².